The van der Waals surface area contributed by atoms with Crippen LogP contribution in [0.25, 0.3) is 22.2 Å². The summed E-state index contributed by atoms with van der Waals surface area (Å²) in [5, 5.41) is 14.0. The van der Waals surface area contributed by atoms with Crippen molar-refractivity contribution in [3.8, 4) is 17.1 Å². The molecule has 2 aromatic heterocycles. The number of pyridine rings is 1. The number of H-pyrrole nitrogens is 1. The van der Waals surface area contributed by atoms with Gasteiger partial charge in [0.2, 0.25) is 10.0 Å². The maximum absolute atomic E-state index is 13.0. The van der Waals surface area contributed by atoms with Crippen molar-refractivity contribution < 1.29 is 18.3 Å². The highest BCUT2D eigenvalue weighted by Crippen LogP contribution is 2.38. The predicted octanol–water partition coefficient (Wildman–Crippen LogP) is 3.19. The summed E-state index contributed by atoms with van der Waals surface area (Å²) in [6, 6.07) is 6.44. The summed E-state index contributed by atoms with van der Waals surface area (Å²) in [6.07, 6.45) is 1.31. The number of piperazine rings is 1. The van der Waals surface area contributed by atoms with Gasteiger partial charge in [0.05, 0.1) is 22.3 Å². The first kappa shape index (κ1) is 26.4. The van der Waals surface area contributed by atoms with Gasteiger partial charge in [-0.3, -0.25) is 9.78 Å². The molecular formula is C22H27BrClN5O4S. The molecule has 0 spiro atoms. The lowest BCUT2D eigenvalue weighted by atomic mass is 10.1. The van der Waals surface area contributed by atoms with Crippen molar-refractivity contribution in [1.82, 2.24) is 24.5 Å². The Labute approximate surface area is 213 Å². The summed E-state index contributed by atoms with van der Waals surface area (Å²) in [7, 11) is -1.68. The largest absolute Gasteiger partial charge is 0.494 e. The molecule has 1 saturated heterocycles. The van der Waals surface area contributed by atoms with E-state index in [2.05, 4.69) is 36.1 Å². The third kappa shape index (κ3) is 5.08. The fraction of sp³-hybridized carbons (Fsp3) is 0.364. The molecule has 34 heavy (non-hydrogen) atoms. The summed E-state index contributed by atoms with van der Waals surface area (Å²) in [5.41, 5.74) is 1.84. The molecule has 9 nitrogen and oxygen atoms in total. The van der Waals surface area contributed by atoms with Gasteiger partial charge in [-0.1, -0.05) is 0 Å². The number of carbonyl (C=O) groups is 1. The summed E-state index contributed by atoms with van der Waals surface area (Å²) >= 11 is 3.42. The van der Waals surface area contributed by atoms with Crippen LogP contribution >= 0.6 is 28.3 Å². The Hall–Kier alpha value is -2.18. The minimum Gasteiger partial charge on any atom is -0.494 e. The van der Waals surface area contributed by atoms with Gasteiger partial charge in [0.25, 0.3) is 5.91 Å². The molecule has 3 aromatic rings. The molecule has 184 valence electrons. The highest BCUT2D eigenvalue weighted by atomic mass is 79.9. The van der Waals surface area contributed by atoms with Crippen molar-refractivity contribution in [3.05, 3.63) is 40.5 Å². The Morgan fingerprint density at radius 2 is 1.88 bits per heavy atom. The molecule has 0 bridgehead atoms. The van der Waals surface area contributed by atoms with Crippen LogP contribution in [-0.2, 0) is 10.0 Å². The van der Waals surface area contributed by atoms with Crippen LogP contribution in [-0.4, -0.2) is 77.9 Å². The normalized spacial score (nSPS) is 15.4. The summed E-state index contributed by atoms with van der Waals surface area (Å²) in [5.74, 6) is -0.354. The highest BCUT2D eigenvalue weighted by molar-refractivity contribution is 9.10. The molecule has 3 heterocycles. The van der Waals surface area contributed by atoms with E-state index in [0.717, 1.165) is 0 Å². The molecule has 1 amide bonds. The zero-order valence-corrected chi connectivity index (χ0v) is 22.2. The maximum Gasteiger partial charge on any atom is 0.252 e. The van der Waals surface area contributed by atoms with Crippen LogP contribution in [0, 0.1) is 0 Å². The standard InChI is InChI=1S/C22H26BrN5O4S.ClH/c1-13(2)25-21(29)15-10-16-19(11-17(15)23)26-22(30)20(16)18-5-4-14(12-24-18)33(31,32)28-8-6-27(3)7-9-28;/h4-5,10-13,26,30H,6-9H2,1-3H3,(H,25,29);1H. The lowest BCUT2D eigenvalue weighted by Crippen LogP contribution is -2.47. The van der Waals surface area contributed by atoms with Crippen LogP contribution in [0.15, 0.2) is 39.8 Å². The molecule has 0 radical (unpaired) electrons. The van der Waals surface area contributed by atoms with Crippen molar-refractivity contribution in [2.24, 2.45) is 0 Å². The summed E-state index contributed by atoms with van der Waals surface area (Å²) < 4.78 is 28.0. The van der Waals surface area contributed by atoms with E-state index in [4.69, 9.17) is 0 Å². The lowest BCUT2D eigenvalue weighted by Gasteiger charge is -2.31. The van der Waals surface area contributed by atoms with Gasteiger partial charge in [-0.05, 0) is 61.1 Å². The third-order valence-electron chi connectivity index (χ3n) is 5.62. The quantitative estimate of drug-likeness (QED) is 0.432. The van der Waals surface area contributed by atoms with Crippen molar-refractivity contribution in [3.63, 3.8) is 0 Å². The second kappa shape index (κ2) is 10.2. The molecular weight excluding hydrogens is 546 g/mol. The number of carbonyl (C=O) groups excluding carboxylic acids is 1. The van der Waals surface area contributed by atoms with E-state index in [-0.39, 0.29) is 35.1 Å². The van der Waals surface area contributed by atoms with Crippen molar-refractivity contribution in [2.75, 3.05) is 33.2 Å². The second-order valence-corrected chi connectivity index (χ2v) is 11.2. The van der Waals surface area contributed by atoms with E-state index in [1.54, 1.807) is 18.2 Å². The van der Waals surface area contributed by atoms with Crippen LogP contribution in [0.4, 0.5) is 0 Å². The first-order valence-corrected chi connectivity index (χ1v) is 12.8. The van der Waals surface area contributed by atoms with Gasteiger partial charge >= 0.3 is 0 Å². The number of halogens is 2. The number of hydrogen-bond donors (Lipinski definition) is 3. The minimum absolute atomic E-state index is 0. The number of nitrogens with zero attached hydrogens (tertiary/aromatic N) is 3. The zero-order valence-electron chi connectivity index (χ0n) is 19.0. The Kier molecular flexibility index (Phi) is 7.93. The van der Waals surface area contributed by atoms with Crippen molar-refractivity contribution in [1.29, 1.82) is 0 Å². The fourth-order valence-electron chi connectivity index (χ4n) is 3.83. The molecule has 0 aliphatic carbocycles. The molecule has 1 aliphatic rings. The van der Waals surface area contributed by atoms with E-state index < -0.39 is 10.0 Å². The number of aromatic hydroxyl groups is 1. The Morgan fingerprint density at radius 1 is 1.21 bits per heavy atom. The van der Waals surface area contributed by atoms with Crippen molar-refractivity contribution in [2.45, 2.75) is 24.8 Å². The lowest BCUT2D eigenvalue weighted by molar-refractivity contribution is 0.0942. The van der Waals surface area contributed by atoms with Crippen LogP contribution in [0.2, 0.25) is 0 Å². The highest BCUT2D eigenvalue weighted by Gasteiger charge is 2.28. The first-order valence-electron chi connectivity index (χ1n) is 10.6. The monoisotopic (exact) mass is 571 g/mol. The minimum atomic E-state index is -3.64. The van der Waals surface area contributed by atoms with Crippen LogP contribution < -0.4 is 5.32 Å². The first-order chi connectivity index (χ1) is 15.6. The molecule has 0 saturated carbocycles. The van der Waals surface area contributed by atoms with Crippen LogP contribution in [0.3, 0.4) is 0 Å². The SMILES string of the molecule is CC(C)NC(=O)c1cc2c(-c3ccc(S(=O)(=O)N4CCN(C)CC4)cn3)c(O)[nH]c2cc1Br.Cl. The Morgan fingerprint density at radius 3 is 2.47 bits per heavy atom. The molecule has 0 unspecified atom stereocenters. The number of aromatic amines is 1. The van der Waals surface area contributed by atoms with E-state index in [1.165, 1.54) is 16.6 Å². The topological polar surface area (TPSA) is 119 Å². The third-order valence-corrected chi connectivity index (χ3v) is 8.16. The smallest absolute Gasteiger partial charge is 0.252 e. The van der Waals surface area contributed by atoms with Gasteiger partial charge in [0.1, 0.15) is 4.90 Å². The number of rotatable bonds is 5. The number of hydrogen-bond acceptors (Lipinski definition) is 6. The maximum atomic E-state index is 13.0. The molecule has 12 heteroatoms. The number of sulfonamides is 1. The van der Waals surface area contributed by atoms with Gasteiger partial charge < -0.3 is 20.3 Å². The van der Waals surface area contributed by atoms with Crippen LogP contribution in [0.1, 0.15) is 24.2 Å². The molecule has 1 aliphatic heterocycles. The Balaban J connectivity index is 0.00000324. The van der Waals surface area contributed by atoms with Gasteiger partial charge in [-0.2, -0.15) is 4.31 Å². The van der Waals surface area contributed by atoms with Gasteiger partial charge in [-0.25, -0.2) is 8.42 Å². The molecule has 4 rings (SSSR count). The number of amides is 1. The van der Waals surface area contributed by atoms with Gasteiger partial charge in [0, 0.05) is 48.3 Å². The molecule has 1 fully saturated rings. The van der Waals surface area contributed by atoms with E-state index in [0.29, 0.717) is 58.4 Å². The zero-order chi connectivity index (χ0) is 23.9. The van der Waals surface area contributed by atoms with E-state index in [1.807, 2.05) is 20.9 Å². The average Bonchev–Trinajstić information content (AvgIpc) is 3.07. The number of fused-ring (bicyclic) bond motifs is 1. The number of nitrogens with one attached hydrogen (secondary N) is 2. The van der Waals surface area contributed by atoms with Gasteiger partial charge in [0.15, 0.2) is 5.88 Å². The predicted molar refractivity (Wildman–Crippen MR) is 137 cm³/mol. The average molecular weight is 573 g/mol. The number of aromatic nitrogens is 2. The second-order valence-electron chi connectivity index (χ2n) is 8.44. The molecule has 3 N–H and O–H groups in total. The van der Waals surface area contributed by atoms with Gasteiger partial charge in [-0.15, -0.1) is 12.4 Å². The Bertz CT molecular complexity index is 1300. The molecule has 0 atom stereocenters. The number of likely N-dealkylation sites (N-methyl/N-ethyl adjacent to an activating group) is 1. The van der Waals surface area contributed by atoms with Crippen LogP contribution in [0.5, 0.6) is 5.88 Å². The fourth-order valence-corrected chi connectivity index (χ4v) is 5.72. The number of benzene rings is 1. The van der Waals surface area contributed by atoms with E-state index in [9.17, 15) is 18.3 Å². The summed E-state index contributed by atoms with van der Waals surface area (Å²) in [6.45, 7) is 5.96. The summed E-state index contributed by atoms with van der Waals surface area (Å²) in [4.78, 5) is 22.0. The van der Waals surface area contributed by atoms with E-state index >= 15 is 0 Å². The molecule has 1 aromatic carbocycles. The van der Waals surface area contributed by atoms with Crippen molar-refractivity contribution >= 4 is 55.2 Å².